The van der Waals surface area contributed by atoms with Gasteiger partial charge in [0.2, 0.25) is 15.9 Å². The molecule has 36 heavy (non-hydrogen) atoms. The molecule has 0 saturated carbocycles. The number of piperidine rings is 1. The van der Waals surface area contributed by atoms with Crippen LogP contribution in [0.1, 0.15) is 44.2 Å². The Morgan fingerprint density at radius 1 is 1.11 bits per heavy atom. The first kappa shape index (κ1) is 26.9. The Labute approximate surface area is 214 Å². The third kappa shape index (κ3) is 5.41. The van der Waals surface area contributed by atoms with Gasteiger partial charge in [-0.3, -0.25) is 10.1 Å². The highest BCUT2D eigenvalue weighted by Crippen LogP contribution is 2.37. The van der Waals surface area contributed by atoms with Gasteiger partial charge in [0.25, 0.3) is 0 Å². The van der Waals surface area contributed by atoms with Crippen LogP contribution in [0.4, 0.5) is 13.2 Å². The number of carbonyl (C=O) groups is 1. The zero-order valence-electron chi connectivity index (χ0n) is 20.1. The van der Waals surface area contributed by atoms with E-state index in [1.807, 2.05) is 13.8 Å². The maximum atomic E-state index is 13.4. The van der Waals surface area contributed by atoms with Crippen LogP contribution in [-0.2, 0) is 27.5 Å². The number of sulfonamides is 1. The van der Waals surface area contributed by atoms with E-state index in [0.717, 1.165) is 12.1 Å². The number of benzene rings is 2. The van der Waals surface area contributed by atoms with Crippen molar-refractivity contribution in [2.24, 2.45) is 5.92 Å². The van der Waals surface area contributed by atoms with Crippen LogP contribution in [0.15, 0.2) is 53.4 Å². The Morgan fingerprint density at radius 2 is 1.75 bits per heavy atom. The lowest BCUT2D eigenvalue weighted by atomic mass is 9.96. The quantitative estimate of drug-likeness (QED) is 0.563. The molecule has 0 aliphatic carbocycles. The fourth-order valence-corrected chi connectivity index (χ4v) is 6.59. The molecule has 0 radical (unpaired) electrons. The number of hydrogen-bond donors (Lipinski definition) is 1. The maximum Gasteiger partial charge on any atom is 0.416 e. The van der Waals surface area contributed by atoms with Crippen LogP contribution < -0.4 is 5.32 Å². The van der Waals surface area contributed by atoms with E-state index in [9.17, 15) is 26.4 Å². The molecule has 1 N–H and O–H groups in total. The Morgan fingerprint density at radius 3 is 2.33 bits per heavy atom. The molecule has 11 heteroatoms. The highest BCUT2D eigenvalue weighted by Gasteiger charge is 2.52. The van der Waals surface area contributed by atoms with E-state index in [4.69, 9.17) is 11.6 Å². The van der Waals surface area contributed by atoms with Gasteiger partial charge in [0, 0.05) is 24.7 Å². The molecule has 2 heterocycles. The summed E-state index contributed by atoms with van der Waals surface area (Å²) in [5.41, 5.74) is -1.23. The van der Waals surface area contributed by atoms with Crippen LogP contribution in [0.25, 0.3) is 0 Å². The predicted octanol–water partition coefficient (Wildman–Crippen LogP) is 4.89. The van der Waals surface area contributed by atoms with Crippen molar-refractivity contribution in [3.05, 3.63) is 64.7 Å². The molecule has 2 aromatic carbocycles. The Kier molecular flexibility index (Phi) is 7.45. The summed E-state index contributed by atoms with van der Waals surface area (Å²) in [6.07, 6.45) is -3.27. The van der Waals surface area contributed by atoms with Crippen molar-refractivity contribution >= 4 is 27.5 Å². The molecular weight excluding hydrogens is 515 g/mol. The predicted molar refractivity (Wildman–Crippen MR) is 131 cm³/mol. The highest BCUT2D eigenvalue weighted by atomic mass is 35.5. The third-order valence-electron chi connectivity index (χ3n) is 6.83. The average Bonchev–Trinajstić information content (AvgIpc) is 3.04. The van der Waals surface area contributed by atoms with E-state index >= 15 is 0 Å². The molecular formula is C25H29ClF3N3O3S. The molecule has 1 atom stereocenters. The lowest BCUT2D eigenvalue weighted by Crippen LogP contribution is -2.59. The van der Waals surface area contributed by atoms with Gasteiger partial charge in [0.15, 0.2) is 0 Å². The molecule has 1 amide bonds. The number of amides is 1. The molecule has 2 saturated heterocycles. The smallest absolute Gasteiger partial charge is 0.319 e. The number of alkyl halides is 3. The fraction of sp³-hybridized carbons (Fsp3) is 0.480. The third-order valence-corrected chi connectivity index (χ3v) is 8.99. The average molecular weight is 544 g/mol. The summed E-state index contributed by atoms with van der Waals surface area (Å²) in [6, 6.07) is 10.5. The molecule has 0 aromatic heterocycles. The Hall–Kier alpha value is -2.14. The van der Waals surface area contributed by atoms with Gasteiger partial charge in [-0.05, 0) is 67.1 Å². The first-order valence-corrected chi connectivity index (χ1v) is 13.6. The lowest BCUT2D eigenvalue weighted by Gasteiger charge is -2.44. The molecule has 2 fully saturated rings. The minimum atomic E-state index is -4.48. The minimum Gasteiger partial charge on any atom is -0.319 e. The standard InChI is InChI=1S/C25H29ClF3N3O3S/c1-17(2)14-22-23(33)32(16-18-4-3-5-19(15-18)25(27,28)29)24(30-22)10-12-31(13-11-24)36(34,35)21-8-6-20(26)7-9-21/h3-9,15,17,22,30H,10-14,16H2,1-2H3/t22-/m1/s1. The summed E-state index contributed by atoms with van der Waals surface area (Å²) in [5.74, 6) is 0.0532. The second-order valence-electron chi connectivity index (χ2n) is 9.84. The number of nitrogens with one attached hydrogen (secondary N) is 1. The minimum absolute atomic E-state index is 0.00822. The summed E-state index contributed by atoms with van der Waals surface area (Å²) < 4.78 is 67.5. The molecule has 196 valence electrons. The van der Waals surface area contributed by atoms with Crippen LogP contribution in [0.2, 0.25) is 5.02 Å². The summed E-state index contributed by atoms with van der Waals surface area (Å²) in [6.45, 7) is 4.34. The van der Waals surface area contributed by atoms with Crippen molar-refractivity contribution in [1.29, 1.82) is 0 Å². The largest absolute Gasteiger partial charge is 0.416 e. The van der Waals surface area contributed by atoms with Crippen molar-refractivity contribution in [2.45, 2.75) is 62.4 Å². The van der Waals surface area contributed by atoms with Gasteiger partial charge in [-0.1, -0.05) is 37.6 Å². The van der Waals surface area contributed by atoms with Crippen LogP contribution >= 0.6 is 11.6 Å². The van der Waals surface area contributed by atoms with E-state index in [0.29, 0.717) is 29.8 Å². The molecule has 1 spiro atoms. The highest BCUT2D eigenvalue weighted by molar-refractivity contribution is 7.89. The van der Waals surface area contributed by atoms with Gasteiger partial charge in [-0.2, -0.15) is 17.5 Å². The molecule has 6 nitrogen and oxygen atoms in total. The van der Waals surface area contributed by atoms with Crippen molar-refractivity contribution in [2.75, 3.05) is 13.1 Å². The number of halogens is 4. The maximum absolute atomic E-state index is 13.4. The van der Waals surface area contributed by atoms with Crippen molar-refractivity contribution < 1.29 is 26.4 Å². The van der Waals surface area contributed by atoms with E-state index in [-0.39, 0.29) is 36.4 Å². The van der Waals surface area contributed by atoms with E-state index < -0.39 is 33.5 Å². The number of carbonyl (C=O) groups excluding carboxylic acids is 1. The number of rotatable bonds is 6. The molecule has 0 unspecified atom stereocenters. The van der Waals surface area contributed by atoms with Crippen molar-refractivity contribution in [3.63, 3.8) is 0 Å². The van der Waals surface area contributed by atoms with Gasteiger partial charge in [0.1, 0.15) is 0 Å². The second kappa shape index (κ2) is 9.96. The second-order valence-corrected chi connectivity index (χ2v) is 12.2. The van der Waals surface area contributed by atoms with Crippen LogP contribution in [0.5, 0.6) is 0 Å². The molecule has 2 aliphatic rings. The van der Waals surface area contributed by atoms with Crippen molar-refractivity contribution in [1.82, 2.24) is 14.5 Å². The summed E-state index contributed by atoms with van der Waals surface area (Å²) in [7, 11) is -3.75. The zero-order chi connectivity index (χ0) is 26.3. The Bertz CT molecular complexity index is 1210. The monoisotopic (exact) mass is 543 g/mol. The topological polar surface area (TPSA) is 69.7 Å². The molecule has 0 bridgehead atoms. The van der Waals surface area contributed by atoms with Gasteiger partial charge in [0.05, 0.1) is 22.2 Å². The molecule has 2 aromatic rings. The first-order chi connectivity index (χ1) is 16.8. The fourth-order valence-electron chi connectivity index (χ4n) is 5.02. The van der Waals surface area contributed by atoms with E-state index in [2.05, 4.69) is 5.32 Å². The summed E-state index contributed by atoms with van der Waals surface area (Å²) in [4.78, 5) is 15.2. The lowest BCUT2D eigenvalue weighted by molar-refractivity contribution is -0.137. The number of hydrogen-bond acceptors (Lipinski definition) is 4. The van der Waals surface area contributed by atoms with Gasteiger partial charge >= 0.3 is 6.18 Å². The molecule has 2 aliphatic heterocycles. The van der Waals surface area contributed by atoms with Crippen LogP contribution in [0, 0.1) is 5.92 Å². The van der Waals surface area contributed by atoms with Crippen LogP contribution in [-0.4, -0.2) is 48.3 Å². The summed E-state index contributed by atoms with van der Waals surface area (Å²) >= 11 is 5.89. The van der Waals surface area contributed by atoms with E-state index in [1.54, 1.807) is 11.0 Å². The van der Waals surface area contributed by atoms with E-state index in [1.165, 1.54) is 34.6 Å². The van der Waals surface area contributed by atoms with Gasteiger partial charge in [-0.15, -0.1) is 0 Å². The van der Waals surface area contributed by atoms with Crippen molar-refractivity contribution in [3.8, 4) is 0 Å². The van der Waals surface area contributed by atoms with Gasteiger partial charge < -0.3 is 4.90 Å². The first-order valence-electron chi connectivity index (χ1n) is 11.8. The molecule has 4 rings (SSSR count). The normalized spacial score (nSPS) is 21.0. The SMILES string of the molecule is CC(C)C[C@H]1NC2(CCN(S(=O)(=O)c3ccc(Cl)cc3)CC2)N(Cc2cccc(C(F)(F)F)c2)C1=O. The summed E-state index contributed by atoms with van der Waals surface area (Å²) in [5, 5.41) is 3.87. The van der Waals surface area contributed by atoms with Crippen LogP contribution in [0.3, 0.4) is 0 Å². The number of nitrogens with zero attached hydrogens (tertiary/aromatic N) is 2. The zero-order valence-corrected chi connectivity index (χ0v) is 21.6. The van der Waals surface area contributed by atoms with Gasteiger partial charge in [-0.25, -0.2) is 8.42 Å². The Balaban J connectivity index is 1.58.